The lowest BCUT2D eigenvalue weighted by Crippen LogP contribution is -2.25. The average molecular weight is 261 g/mol. The molecule has 1 atom stereocenters. The third-order valence-corrected chi connectivity index (χ3v) is 4.16. The van der Waals surface area contributed by atoms with Crippen LogP contribution in [0.2, 0.25) is 0 Å². The molecule has 0 spiro atoms. The summed E-state index contributed by atoms with van der Waals surface area (Å²) in [6.45, 7) is 5.20. The smallest absolute Gasteiger partial charge is 0.336 e. The van der Waals surface area contributed by atoms with Crippen LogP contribution in [0.3, 0.4) is 0 Å². The van der Waals surface area contributed by atoms with Gasteiger partial charge in [0.2, 0.25) is 0 Å². The van der Waals surface area contributed by atoms with Gasteiger partial charge in [-0.05, 0) is 49.9 Å². The molecule has 0 saturated carbocycles. The van der Waals surface area contributed by atoms with Crippen molar-refractivity contribution in [3.8, 4) is 0 Å². The molecular formula is C16H23NO2. The second kappa shape index (κ2) is 6.71. The van der Waals surface area contributed by atoms with Crippen molar-refractivity contribution < 1.29 is 9.90 Å². The zero-order valence-corrected chi connectivity index (χ0v) is 11.6. The van der Waals surface area contributed by atoms with Gasteiger partial charge in [-0.2, -0.15) is 0 Å². The normalized spacial score (nSPS) is 21.0. The molecule has 1 aromatic carbocycles. The maximum atomic E-state index is 11.2. The summed E-state index contributed by atoms with van der Waals surface area (Å²) in [5, 5.41) is 9.21. The fourth-order valence-corrected chi connectivity index (χ4v) is 2.90. The van der Waals surface area contributed by atoms with Crippen LogP contribution >= 0.6 is 0 Å². The predicted octanol–water partition coefficient (Wildman–Crippen LogP) is 3.40. The van der Waals surface area contributed by atoms with E-state index in [1.807, 2.05) is 12.1 Å². The highest BCUT2D eigenvalue weighted by atomic mass is 16.4. The summed E-state index contributed by atoms with van der Waals surface area (Å²) in [6, 6.07) is 7.35. The summed E-state index contributed by atoms with van der Waals surface area (Å²) in [4.78, 5) is 13.6. The molecule has 0 amide bonds. The quantitative estimate of drug-likeness (QED) is 0.903. The minimum Gasteiger partial charge on any atom is -0.478 e. The topological polar surface area (TPSA) is 40.5 Å². The van der Waals surface area contributed by atoms with Crippen molar-refractivity contribution in [2.75, 3.05) is 13.1 Å². The number of hydrogen-bond donors (Lipinski definition) is 1. The minimum atomic E-state index is -0.822. The molecule has 2 rings (SSSR count). The van der Waals surface area contributed by atoms with Crippen LogP contribution in [0.5, 0.6) is 0 Å². The van der Waals surface area contributed by atoms with E-state index < -0.39 is 5.97 Å². The lowest BCUT2D eigenvalue weighted by Gasteiger charge is -2.21. The third kappa shape index (κ3) is 3.80. The summed E-state index contributed by atoms with van der Waals surface area (Å²) >= 11 is 0. The Labute approximate surface area is 115 Å². The Kier molecular flexibility index (Phi) is 4.97. The minimum absolute atomic E-state index is 0.443. The fourth-order valence-electron chi connectivity index (χ4n) is 2.90. The number of rotatable bonds is 4. The Hall–Kier alpha value is -1.35. The highest BCUT2D eigenvalue weighted by molar-refractivity contribution is 5.89. The molecule has 1 heterocycles. The molecule has 19 heavy (non-hydrogen) atoms. The molecule has 1 unspecified atom stereocenters. The van der Waals surface area contributed by atoms with Crippen molar-refractivity contribution in [3.05, 3.63) is 35.4 Å². The second-order valence-electron chi connectivity index (χ2n) is 5.44. The second-order valence-corrected chi connectivity index (χ2v) is 5.44. The Morgan fingerprint density at radius 2 is 2.11 bits per heavy atom. The number of benzene rings is 1. The van der Waals surface area contributed by atoms with E-state index in [1.54, 1.807) is 12.1 Å². The SMILES string of the molecule is CCC1CCCN(Cc2ccccc2C(=O)O)CC1. The van der Waals surface area contributed by atoms with Gasteiger partial charge in [0.15, 0.2) is 0 Å². The third-order valence-electron chi connectivity index (χ3n) is 4.16. The number of likely N-dealkylation sites (tertiary alicyclic amines) is 1. The van der Waals surface area contributed by atoms with Crippen LogP contribution in [0.15, 0.2) is 24.3 Å². The van der Waals surface area contributed by atoms with E-state index in [9.17, 15) is 9.90 Å². The van der Waals surface area contributed by atoms with Crippen molar-refractivity contribution in [2.45, 2.75) is 39.2 Å². The van der Waals surface area contributed by atoms with Gasteiger partial charge >= 0.3 is 5.97 Å². The first-order chi connectivity index (χ1) is 9.20. The van der Waals surface area contributed by atoms with E-state index in [-0.39, 0.29) is 0 Å². The van der Waals surface area contributed by atoms with Gasteiger partial charge in [-0.25, -0.2) is 4.79 Å². The monoisotopic (exact) mass is 261 g/mol. The average Bonchev–Trinajstić information content (AvgIpc) is 2.64. The van der Waals surface area contributed by atoms with Crippen molar-refractivity contribution in [3.63, 3.8) is 0 Å². The summed E-state index contributed by atoms with van der Waals surface area (Å²) < 4.78 is 0. The van der Waals surface area contributed by atoms with Crippen molar-refractivity contribution in [1.29, 1.82) is 0 Å². The number of nitrogens with zero attached hydrogens (tertiary/aromatic N) is 1. The summed E-state index contributed by atoms with van der Waals surface area (Å²) in [6.07, 6.45) is 5.05. The van der Waals surface area contributed by atoms with Gasteiger partial charge in [0.05, 0.1) is 5.56 Å². The molecule has 1 fully saturated rings. The molecule has 0 bridgehead atoms. The summed E-state index contributed by atoms with van der Waals surface area (Å²) in [5.74, 6) is 0.0246. The van der Waals surface area contributed by atoms with E-state index in [4.69, 9.17) is 0 Å². The van der Waals surface area contributed by atoms with E-state index in [1.165, 1.54) is 25.7 Å². The van der Waals surface area contributed by atoms with Gasteiger partial charge in [-0.15, -0.1) is 0 Å². The Morgan fingerprint density at radius 1 is 1.32 bits per heavy atom. The van der Waals surface area contributed by atoms with Gasteiger partial charge < -0.3 is 5.11 Å². The van der Waals surface area contributed by atoms with Crippen molar-refractivity contribution in [1.82, 2.24) is 4.90 Å². The zero-order valence-electron chi connectivity index (χ0n) is 11.6. The van der Waals surface area contributed by atoms with Gasteiger partial charge in [0.1, 0.15) is 0 Å². The van der Waals surface area contributed by atoms with Crippen LogP contribution < -0.4 is 0 Å². The molecule has 0 radical (unpaired) electrons. The highest BCUT2D eigenvalue weighted by Crippen LogP contribution is 2.22. The Bertz CT molecular complexity index is 431. The maximum absolute atomic E-state index is 11.2. The van der Waals surface area contributed by atoms with E-state index in [0.717, 1.165) is 31.1 Å². The lowest BCUT2D eigenvalue weighted by atomic mass is 9.98. The molecule has 1 aromatic rings. The number of hydrogen-bond acceptors (Lipinski definition) is 2. The van der Waals surface area contributed by atoms with Crippen LogP contribution in [-0.4, -0.2) is 29.1 Å². The highest BCUT2D eigenvalue weighted by Gasteiger charge is 2.17. The van der Waals surface area contributed by atoms with Crippen LogP contribution in [0.1, 0.15) is 48.5 Å². The molecule has 1 N–H and O–H groups in total. The molecule has 0 aliphatic carbocycles. The molecule has 3 heteroatoms. The summed E-state index contributed by atoms with van der Waals surface area (Å²) in [5.41, 5.74) is 1.38. The van der Waals surface area contributed by atoms with E-state index in [0.29, 0.717) is 5.56 Å². The molecule has 1 aliphatic heterocycles. The lowest BCUT2D eigenvalue weighted by molar-refractivity contribution is 0.0694. The van der Waals surface area contributed by atoms with Gasteiger partial charge in [-0.3, -0.25) is 4.90 Å². The molecule has 1 aliphatic rings. The Morgan fingerprint density at radius 3 is 2.84 bits per heavy atom. The first-order valence-corrected chi connectivity index (χ1v) is 7.24. The number of aromatic carboxylic acids is 1. The fraction of sp³-hybridized carbons (Fsp3) is 0.562. The van der Waals surface area contributed by atoms with Crippen LogP contribution in [-0.2, 0) is 6.54 Å². The first kappa shape index (κ1) is 14.1. The number of carbonyl (C=O) groups is 1. The van der Waals surface area contributed by atoms with Crippen LogP contribution in [0.4, 0.5) is 0 Å². The largest absolute Gasteiger partial charge is 0.478 e. The molecule has 104 valence electrons. The van der Waals surface area contributed by atoms with Gasteiger partial charge in [-0.1, -0.05) is 31.5 Å². The molecule has 3 nitrogen and oxygen atoms in total. The van der Waals surface area contributed by atoms with E-state index >= 15 is 0 Å². The number of carboxylic acid groups (broad SMARTS) is 1. The molecular weight excluding hydrogens is 238 g/mol. The number of carboxylic acids is 1. The van der Waals surface area contributed by atoms with E-state index in [2.05, 4.69) is 11.8 Å². The standard InChI is InChI=1S/C16H23NO2/c1-2-13-6-5-10-17(11-9-13)12-14-7-3-4-8-15(14)16(18)19/h3-4,7-8,13H,2,5-6,9-12H2,1H3,(H,18,19). The van der Waals surface area contributed by atoms with Crippen molar-refractivity contribution in [2.24, 2.45) is 5.92 Å². The van der Waals surface area contributed by atoms with Crippen LogP contribution in [0.25, 0.3) is 0 Å². The molecule has 1 saturated heterocycles. The van der Waals surface area contributed by atoms with Gasteiger partial charge in [0.25, 0.3) is 0 Å². The van der Waals surface area contributed by atoms with Crippen LogP contribution in [0, 0.1) is 5.92 Å². The summed E-state index contributed by atoms with van der Waals surface area (Å²) in [7, 11) is 0. The first-order valence-electron chi connectivity index (χ1n) is 7.24. The molecule has 0 aromatic heterocycles. The zero-order chi connectivity index (χ0) is 13.7. The predicted molar refractivity (Wildman–Crippen MR) is 76.3 cm³/mol. The van der Waals surface area contributed by atoms with Crippen molar-refractivity contribution >= 4 is 5.97 Å². The maximum Gasteiger partial charge on any atom is 0.336 e. The Balaban J connectivity index is 2.03. The van der Waals surface area contributed by atoms with Gasteiger partial charge in [0, 0.05) is 6.54 Å².